The molecule has 0 aromatic carbocycles. The Morgan fingerprint density at radius 2 is 1.86 bits per heavy atom. The van der Waals surface area contributed by atoms with Gasteiger partial charge in [-0.05, 0) is 38.2 Å². The van der Waals surface area contributed by atoms with Crippen molar-refractivity contribution >= 4 is 15.9 Å². The fourth-order valence-corrected chi connectivity index (χ4v) is 4.56. The van der Waals surface area contributed by atoms with Gasteiger partial charge in [-0.2, -0.15) is 4.31 Å². The Hall–Kier alpha value is -1.34. The first kappa shape index (κ1) is 15.6. The Morgan fingerprint density at radius 3 is 2.45 bits per heavy atom. The highest BCUT2D eigenvalue weighted by Gasteiger charge is 2.29. The molecule has 0 radical (unpaired) electrons. The molecule has 1 aromatic rings. The van der Waals surface area contributed by atoms with E-state index in [1.165, 1.54) is 10.4 Å². The number of carbonyl (C=O) groups excluding carboxylic acids is 1. The van der Waals surface area contributed by atoms with E-state index >= 15 is 0 Å². The molecule has 3 rings (SSSR count). The lowest BCUT2D eigenvalue weighted by Gasteiger charge is -2.26. The molecule has 0 bridgehead atoms. The number of amides is 1. The second-order valence-electron chi connectivity index (χ2n) is 6.24. The van der Waals surface area contributed by atoms with Crippen LogP contribution in [-0.2, 0) is 17.1 Å². The Bertz CT molecular complexity index is 656. The molecule has 1 saturated heterocycles. The van der Waals surface area contributed by atoms with Gasteiger partial charge in [-0.3, -0.25) is 4.79 Å². The van der Waals surface area contributed by atoms with Crippen molar-refractivity contribution in [3.63, 3.8) is 0 Å². The number of nitrogens with zero attached hydrogens (tertiary/aromatic N) is 2. The van der Waals surface area contributed by atoms with E-state index in [4.69, 9.17) is 0 Å². The van der Waals surface area contributed by atoms with Crippen molar-refractivity contribution in [1.29, 1.82) is 0 Å². The van der Waals surface area contributed by atoms with E-state index in [1.807, 2.05) is 0 Å². The number of nitrogens with one attached hydrogen (secondary N) is 1. The summed E-state index contributed by atoms with van der Waals surface area (Å²) in [5.74, 6) is -0.188. The third kappa shape index (κ3) is 2.92. The summed E-state index contributed by atoms with van der Waals surface area (Å²) < 4.78 is 28.4. The van der Waals surface area contributed by atoms with Gasteiger partial charge >= 0.3 is 0 Å². The van der Waals surface area contributed by atoms with E-state index in [0.29, 0.717) is 18.8 Å². The second kappa shape index (κ2) is 6.04. The van der Waals surface area contributed by atoms with Crippen LogP contribution in [0.25, 0.3) is 0 Å². The minimum Gasteiger partial charge on any atom is -0.348 e. The minimum atomic E-state index is -3.48. The van der Waals surface area contributed by atoms with Crippen molar-refractivity contribution in [3.05, 3.63) is 18.0 Å². The maximum atomic E-state index is 12.6. The van der Waals surface area contributed by atoms with Crippen molar-refractivity contribution in [2.45, 2.75) is 49.5 Å². The lowest BCUT2D eigenvalue weighted by Crippen LogP contribution is -2.40. The number of rotatable bonds is 4. The van der Waals surface area contributed by atoms with Gasteiger partial charge in [0, 0.05) is 32.4 Å². The SMILES string of the molecule is Cn1cc(S(=O)(=O)N2CCCCC2)cc1C(=O)NC1CCC1. The zero-order chi connectivity index (χ0) is 15.7. The highest BCUT2D eigenvalue weighted by atomic mass is 32.2. The quantitative estimate of drug-likeness (QED) is 0.911. The van der Waals surface area contributed by atoms with Crippen LogP contribution in [-0.4, -0.2) is 42.3 Å². The molecule has 6 nitrogen and oxygen atoms in total. The van der Waals surface area contributed by atoms with Crippen LogP contribution in [0.2, 0.25) is 0 Å². The zero-order valence-corrected chi connectivity index (χ0v) is 13.7. The van der Waals surface area contributed by atoms with Gasteiger partial charge in [0.05, 0.1) is 0 Å². The maximum absolute atomic E-state index is 12.6. The standard InChI is InChI=1S/C15H23N3O3S/c1-17-11-13(22(20,21)18-8-3-2-4-9-18)10-14(17)15(19)16-12-6-5-7-12/h10-12H,2-9H2,1H3,(H,16,19). The summed E-state index contributed by atoms with van der Waals surface area (Å²) >= 11 is 0. The number of hydrogen-bond acceptors (Lipinski definition) is 3. The summed E-state index contributed by atoms with van der Waals surface area (Å²) in [5.41, 5.74) is 0.405. The van der Waals surface area contributed by atoms with E-state index in [2.05, 4.69) is 5.32 Å². The van der Waals surface area contributed by atoms with E-state index in [-0.39, 0.29) is 16.8 Å². The maximum Gasteiger partial charge on any atom is 0.268 e. The van der Waals surface area contributed by atoms with Gasteiger partial charge in [-0.15, -0.1) is 0 Å². The summed E-state index contributed by atoms with van der Waals surface area (Å²) in [6, 6.07) is 1.74. The third-order valence-corrected chi connectivity index (χ3v) is 6.47. The topological polar surface area (TPSA) is 71.4 Å². The molecule has 22 heavy (non-hydrogen) atoms. The van der Waals surface area contributed by atoms with Gasteiger partial charge in [0.1, 0.15) is 10.6 Å². The molecular weight excluding hydrogens is 302 g/mol. The van der Waals surface area contributed by atoms with Gasteiger partial charge < -0.3 is 9.88 Å². The van der Waals surface area contributed by atoms with Crippen LogP contribution in [0.3, 0.4) is 0 Å². The predicted molar refractivity (Wildman–Crippen MR) is 83.1 cm³/mol. The van der Waals surface area contributed by atoms with E-state index in [0.717, 1.165) is 38.5 Å². The second-order valence-corrected chi connectivity index (χ2v) is 8.18. The molecule has 2 heterocycles. The summed E-state index contributed by atoms with van der Waals surface area (Å²) in [7, 11) is -1.77. The molecule has 0 unspecified atom stereocenters. The van der Waals surface area contributed by atoms with Crippen molar-refractivity contribution < 1.29 is 13.2 Å². The number of carbonyl (C=O) groups is 1. The molecule has 1 N–H and O–H groups in total. The summed E-state index contributed by atoms with van der Waals surface area (Å²) in [5, 5.41) is 2.95. The summed E-state index contributed by atoms with van der Waals surface area (Å²) in [6.07, 6.45) is 7.59. The molecule has 7 heteroatoms. The van der Waals surface area contributed by atoms with Gasteiger partial charge in [-0.25, -0.2) is 8.42 Å². The van der Waals surface area contributed by atoms with Crippen molar-refractivity contribution in [2.75, 3.05) is 13.1 Å². The van der Waals surface area contributed by atoms with Crippen molar-refractivity contribution in [3.8, 4) is 0 Å². The lowest BCUT2D eigenvalue weighted by atomic mass is 9.93. The highest BCUT2D eigenvalue weighted by molar-refractivity contribution is 7.89. The molecule has 1 amide bonds. The van der Waals surface area contributed by atoms with Crippen LogP contribution in [0.4, 0.5) is 0 Å². The number of aryl methyl sites for hydroxylation is 1. The smallest absolute Gasteiger partial charge is 0.268 e. The lowest BCUT2D eigenvalue weighted by molar-refractivity contribution is 0.0908. The molecule has 1 aliphatic heterocycles. The third-order valence-electron chi connectivity index (χ3n) is 4.61. The van der Waals surface area contributed by atoms with Crippen LogP contribution in [0, 0.1) is 0 Å². The van der Waals surface area contributed by atoms with Crippen molar-refractivity contribution in [1.82, 2.24) is 14.2 Å². The first-order valence-electron chi connectivity index (χ1n) is 7.96. The van der Waals surface area contributed by atoms with E-state index < -0.39 is 10.0 Å². The zero-order valence-electron chi connectivity index (χ0n) is 12.9. The molecular formula is C15H23N3O3S. The Balaban J connectivity index is 1.79. The Morgan fingerprint density at radius 1 is 1.18 bits per heavy atom. The minimum absolute atomic E-state index is 0.188. The van der Waals surface area contributed by atoms with Crippen LogP contribution in [0.15, 0.2) is 17.2 Å². The first-order chi connectivity index (χ1) is 10.5. The number of hydrogen-bond donors (Lipinski definition) is 1. The van der Waals surface area contributed by atoms with Crippen LogP contribution < -0.4 is 5.32 Å². The summed E-state index contributed by atoms with van der Waals surface area (Å²) in [4.78, 5) is 12.5. The fourth-order valence-electron chi connectivity index (χ4n) is 2.97. The molecule has 0 atom stereocenters. The van der Waals surface area contributed by atoms with Gasteiger partial charge in [0.2, 0.25) is 10.0 Å². The van der Waals surface area contributed by atoms with E-state index in [1.54, 1.807) is 17.8 Å². The summed E-state index contributed by atoms with van der Waals surface area (Å²) in [6.45, 7) is 1.14. The monoisotopic (exact) mass is 325 g/mol. The van der Waals surface area contributed by atoms with Crippen LogP contribution >= 0.6 is 0 Å². The highest BCUT2D eigenvalue weighted by Crippen LogP contribution is 2.23. The van der Waals surface area contributed by atoms with Crippen LogP contribution in [0.5, 0.6) is 0 Å². The van der Waals surface area contributed by atoms with Crippen molar-refractivity contribution in [2.24, 2.45) is 7.05 Å². The molecule has 2 aliphatic rings. The largest absolute Gasteiger partial charge is 0.348 e. The number of piperidine rings is 1. The van der Waals surface area contributed by atoms with Crippen LogP contribution in [0.1, 0.15) is 49.0 Å². The normalized spacial score (nSPS) is 20.6. The van der Waals surface area contributed by atoms with E-state index in [9.17, 15) is 13.2 Å². The Labute approximate surface area is 131 Å². The average Bonchev–Trinajstić information content (AvgIpc) is 2.86. The van der Waals surface area contributed by atoms with Gasteiger partial charge in [-0.1, -0.05) is 6.42 Å². The molecule has 1 aromatic heterocycles. The average molecular weight is 325 g/mol. The molecule has 1 saturated carbocycles. The molecule has 1 aliphatic carbocycles. The molecule has 122 valence electrons. The van der Waals surface area contributed by atoms with Gasteiger partial charge in [0.25, 0.3) is 5.91 Å². The fraction of sp³-hybridized carbons (Fsp3) is 0.667. The molecule has 2 fully saturated rings. The first-order valence-corrected chi connectivity index (χ1v) is 9.40. The van der Waals surface area contributed by atoms with Gasteiger partial charge in [0.15, 0.2) is 0 Å². The predicted octanol–water partition coefficient (Wildman–Crippen LogP) is 1.48. The number of aromatic nitrogens is 1. The Kier molecular flexibility index (Phi) is 4.27. The molecule has 0 spiro atoms. The number of sulfonamides is 1.